The summed E-state index contributed by atoms with van der Waals surface area (Å²) >= 11 is 1.56. The Morgan fingerprint density at radius 3 is 2.26 bits per heavy atom. The third-order valence-corrected chi connectivity index (χ3v) is 8.23. The van der Waals surface area contributed by atoms with E-state index in [0.29, 0.717) is 54.8 Å². The molecule has 0 atom stereocenters. The van der Waals surface area contributed by atoms with Crippen molar-refractivity contribution in [3.05, 3.63) is 114 Å². The molecule has 0 spiro atoms. The number of piperazine rings is 1. The van der Waals surface area contributed by atoms with Crippen LogP contribution in [0, 0.1) is 5.82 Å². The first-order valence-corrected chi connectivity index (χ1v) is 14.6. The molecule has 1 saturated heterocycles. The Bertz CT molecular complexity index is 1670. The molecule has 8 nitrogen and oxygen atoms in total. The van der Waals surface area contributed by atoms with E-state index in [1.165, 1.54) is 6.07 Å². The average molecular weight is 581 g/mol. The maximum absolute atomic E-state index is 14.2. The molecule has 1 fully saturated rings. The lowest BCUT2D eigenvalue weighted by atomic mass is 10.1. The first kappa shape index (κ1) is 27.5. The Morgan fingerprint density at radius 2 is 1.55 bits per heavy atom. The van der Waals surface area contributed by atoms with E-state index in [-0.39, 0.29) is 11.7 Å². The summed E-state index contributed by atoms with van der Waals surface area (Å²) in [6, 6.07) is 26.0. The molecule has 0 radical (unpaired) electrons. The predicted molar refractivity (Wildman–Crippen MR) is 162 cm³/mol. The molecule has 1 amide bonds. The van der Waals surface area contributed by atoms with Crippen molar-refractivity contribution in [2.75, 3.05) is 38.2 Å². The first-order chi connectivity index (χ1) is 20.6. The van der Waals surface area contributed by atoms with E-state index in [2.05, 4.69) is 15.2 Å². The van der Waals surface area contributed by atoms with Crippen LogP contribution in [-0.4, -0.2) is 63.8 Å². The Hall–Kier alpha value is -4.70. The zero-order chi connectivity index (χ0) is 28.9. The van der Waals surface area contributed by atoms with Crippen molar-refractivity contribution in [3.8, 4) is 22.8 Å². The molecule has 0 unspecified atom stereocenters. The monoisotopic (exact) mass is 580 g/mol. The van der Waals surface area contributed by atoms with E-state index in [9.17, 15) is 9.18 Å². The van der Waals surface area contributed by atoms with Gasteiger partial charge in [0.15, 0.2) is 11.0 Å². The second-order valence-corrected chi connectivity index (χ2v) is 10.7. The lowest BCUT2D eigenvalue weighted by Gasteiger charge is -2.36. The van der Waals surface area contributed by atoms with Crippen molar-refractivity contribution < 1.29 is 13.9 Å². The van der Waals surface area contributed by atoms with Crippen molar-refractivity contribution in [2.45, 2.75) is 10.9 Å². The van der Waals surface area contributed by atoms with Crippen molar-refractivity contribution in [3.63, 3.8) is 0 Å². The number of benzene rings is 3. The predicted octanol–water partition coefficient (Wildman–Crippen LogP) is 5.73. The van der Waals surface area contributed by atoms with Crippen LogP contribution in [0.1, 0.15) is 15.9 Å². The highest BCUT2D eigenvalue weighted by Gasteiger charge is 2.24. The number of hydrogen-bond donors (Lipinski definition) is 0. The lowest BCUT2D eigenvalue weighted by Crippen LogP contribution is -2.49. The van der Waals surface area contributed by atoms with Crippen molar-refractivity contribution in [1.29, 1.82) is 0 Å². The summed E-state index contributed by atoms with van der Waals surface area (Å²) < 4.78 is 21.8. The van der Waals surface area contributed by atoms with Crippen LogP contribution in [0.3, 0.4) is 0 Å². The zero-order valence-electron chi connectivity index (χ0n) is 23.1. The van der Waals surface area contributed by atoms with Crippen LogP contribution in [0.25, 0.3) is 17.1 Å². The van der Waals surface area contributed by atoms with Gasteiger partial charge in [-0.1, -0.05) is 48.2 Å². The highest BCUT2D eigenvalue weighted by Crippen LogP contribution is 2.33. The Morgan fingerprint density at radius 1 is 0.857 bits per heavy atom. The second-order valence-electron chi connectivity index (χ2n) is 9.77. The number of anilines is 1. The summed E-state index contributed by atoms with van der Waals surface area (Å²) in [4.78, 5) is 21.1. The molecule has 6 rings (SSSR count). The number of methoxy groups -OCH3 is 1. The molecule has 0 bridgehead atoms. The quantitative estimate of drug-likeness (QED) is 0.217. The molecule has 212 valence electrons. The maximum atomic E-state index is 14.2. The number of para-hydroxylation sites is 3. The molecule has 0 saturated carbocycles. The molecule has 0 N–H and O–H groups in total. The molecule has 5 aromatic rings. The summed E-state index contributed by atoms with van der Waals surface area (Å²) in [6.07, 6.45) is 3.46. The van der Waals surface area contributed by atoms with Gasteiger partial charge in [0.1, 0.15) is 11.6 Å². The van der Waals surface area contributed by atoms with Crippen LogP contribution in [0.15, 0.2) is 102 Å². The van der Waals surface area contributed by atoms with Crippen LogP contribution in [0.5, 0.6) is 5.75 Å². The van der Waals surface area contributed by atoms with Gasteiger partial charge in [-0.15, -0.1) is 10.2 Å². The number of nitrogens with zero attached hydrogens (tertiary/aromatic N) is 6. The van der Waals surface area contributed by atoms with Gasteiger partial charge in [-0.3, -0.25) is 14.3 Å². The van der Waals surface area contributed by atoms with E-state index in [4.69, 9.17) is 4.74 Å². The number of amides is 1. The number of carbonyl (C=O) groups excluding carboxylic acids is 1. The van der Waals surface area contributed by atoms with Crippen LogP contribution in [0.4, 0.5) is 10.1 Å². The number of ether oxygens (including phenoxy) is 1. The van der Waals surface area contributed by atoms with Gasteiger partial charge in [0.05, 0.1) is 18.5 Å². The number of aromatic nitrogens is 4. The molecular weight excluding hydrogens is 551 g/mol. The molecule has 0 aliphatic carbocycles. The third-order valence-electron chi connectivity index (χ3n) is 7.23. The van der Waals surface area contributed by atoms with E-state index >= 15 is 0 Å². The van der Waals surface area contributed by atoms with Crippen molar-refractivity contribution >= 4 is 23.4 Å². The number of halogens is 1. The van der Waals surface area contributed by atoms with Gasteiger partial charge in [0.2, 0.25) is 0 Å². The highest BCUT2D eigenvalue weighted by atomic mass is 32.2. The Labute approximate surface area is 247 Å². The van der Waals surface area contributed by atoms with E-state index < -0.39 is 0 Å². The van der Waals surface area contributed by atoms with Gasteiger partial charge in [-0.2, -0.15) is 0 Å². The molecule has 1 aliphatic rings. The van der Waals surface area contributed by atoms with Gasteiger partial charge < -0.3 is 14.5 Å². The summed E-state index contributed by atoms with van der Waals surface area (Å²) in [5, 5.41) is 9.74. The van der Waals surface area contributed by atoms with Gasteiger partial charge >= 0.3 is 0 Å². The molecule has 42 heavy (non-hydrogen) atoms. The third kappa shape index (κ3) is 5.71. The molecule has 3 heterocycles. The SMILES string of the molecule is COc1ccccc1-n1c(SCc2ccc(C(=O)N3CCN(c4ccccc4F)CC3)cc2)nnc1-c1ccncc1. The van der Waals surface area contributed by atoms with Crippen molar-refractivity contribution in [2.24, 2.45) is 0 Å². The number of hydrogen-bond acceptors (Lipinski definition) is 7. The average Bonchev–Trinajstić information content (AvgIpc) is 3.48. The first-order valence-electron chi connectivity index (χ1n) is 13.6. The molecule has 1 aliphatic heterocycles. The fraction of sp³-hybridized carbons (Fsp3) is 0.188. The molecule has 3 aromatic carbocycles. The van der Waals surface area contributed by atoms with Crippen LogP contribution in [0.2, 0.25) is 0 Å². The zero-order valence-corrected chi connectivity index (χ0v) is 23.9. The number of pyridine rings is 1. The van der Waals surface area contributed by atoms with E-state index in [1.807, 2.05) is 81.1 Å². The fourth-order valence-corrected chi connectivity index (χ4v) is 5.92. The summed E-state index contributed by atoms with van der Waals surface area (Å²) in [7, 11) is 1.65. The molecule has 2 aromatic heterocycles. The number of thioether (sulfide) groups is 1. The molecule has 10 heteroatoms. The highest BCUT2D eigenvalue weighted by molar-refractivity contribution is 7.98. The van der Waals surface area contributed by atoms with E-state index in [1.54, 1.807) is 43.4 Å². The molecular formula is C32H29FN6O2S. The topological polar surface area (TPSA) is 76.4 Å². The van der Waals surface area contributed by atoms with Crippen LogP contribution in [-0.2, 0) is 5.75 Å². The normalized spacial score (nSPS) is 13.3. The second kappa shape index (κ2) is 12.4. The van der Waals surface area contributed by atoms with Gasteiger partial charge in [-0.05, 0) is 54.1 Å². The lowest BCUT2D eigenvalue weighted by molar-refractivity contribution is 0.0746. The van der Waals surface area contributed by atoms with Crippen molar-refractivity contribution in [1.82, 2.24) is 24.6 Å². The van der Waals surface area contributed by atoms with E-state index in [0.717, 1.165) is 22.0 Å². The number of carbonyl (C=O) groups is 1. The van der Waals surface area contributed by atoms with Crippen LogP contribution < -0.4 is 9.64 Å². The maximum Gasteiger partial charge on any atom is 0.253 e. The minimum absolute atomic E-state index is 0.0136. The standard InChI is InChI=1S/C32H29FN6O2S/c1-41-29-9-5-4-8-28(29)39-30(24-14-16-34-17-15-24)35-36-32(39)42-22-23-10-12-25(13-11-23)31(40)38-20-18-37(19-21-38)27-7-3-2-6-26(27)33/h2-17H,18-22H2,1H3. The Kier molecular flexibility index (Phi) is 8.14. The minimum atomic E-state index is -0.236. The van der Waals surface area contributed by atoms with Gasteiger partial charge in [-0.25, -0.2) is 4.39 Å². The summed E-state index contributed by atoms with van der Waals surface area (Å²) in [5.41, 5.74) is 4.02. The van der Waals surface area contributed by atoms with Crippen LogP contribution >= 0.6 is 11.8 Å². The summed E-state index contributed by atoms with van der Waals surface area (Å²) in [6.45, 7) is 2.28. The fourth-order valence-electron chi connectivity index (χ4n) is 5.02. The minimum Gasteiger partial charge on any atom is -0.495 e. The largest absolute Gasteiger partial charge is 0.495 e. The Balaban J connectivity index is 1.14. The number of rotatable bonds is 8. The summed E-state index contributed by atoms with van der Waals surface area (Å²) in [5.74, 6) is 1.80. The van der Waals surface area contributed by atoms with Gasteiger partial charge in [0, 0.05) is 55.5 Å². The smallest absolute Gasteiger partial charge is 0.253 e. The van der Waals surface area contributed by atoms with Gasteiger partial charge in [0.25, 0.3) is 5.91 Å².